The molecule has 0 unspecified atom stereocenters. The molecule has 0 saturated heterocycles. The van der Waals surface area contributed by atoms with Gasteiger partial charge in [-0.05, 0) is 24.6 Å². The minimum absolute atomic E-state index is 0.00932. The molecule has 0 spiro atoms. The summed E-state index contributed by atoms with van der Waals surface area (Å²) in [4.78, 5) is 29.2. The zero-order valence-corrected chi connectivity index (χ0v) is 17.4. The fraction of sp³-hybridized carbons (Fsp3) is 0.875. The summed E-state index contributed by atoms with van der Waals surface area (Å²) < 4.78 is 11.1. The van der Waals surface area contributed by atoms with E-state index in [0.717, 1.165) is 17.9 Å². The first-order chi connectivity index (χ1) is 11.0. The van der Waals surface area contributed by atoms with Gasteiger partial charge in [-0.25, -0.2) is 9.86 Å². The molecular weight excluding hydrogens is 328 g/mol. The monoisotopic (exact) mass is 362 g/mol. The number of nitrogens with zero attached hydrogens (tertiary/aromatic N) is 1. The van der Waals surface area contributed by atoms with Crippen molar-refractivity contribution in [2.24, 2.45) is 0 Å². The van der Waals surface area contributed by atoms with Gasteiger partial charge in [0.05, 0.1) is 20.3 Å². The van der Waals surface area contributed by atoms with Gasteiger partial charge in [0.15, 0.2) is 8.32 Å². The molecule has 24 heavy (non-hydrogen) atoms. The number of nitrogens with one attached hydrogen (secondary N) is 1. The van der Waals surface area contributed by atoms with Crippen molar-refractivity contribution in [1.29, 1.82) is 0 Å². The molecule has 0 aromatic carbocycles. The van der Waals surface area contributed by atoms with Gasteiger partial charge in [0.1, 0.15) is 6.04 Å². The number of alkyl carbamates (subject to hydrolysis) is 1. The van der Waals surface area contributed by atoms with Crippen molar-refractivity contribution in [3.05, 3.63) is 0 Å². The molecule has 142 valence electrons. The molecule has 0 bridgehead atoms. The average Bonchev–Trinajstić information content (AvgIpc) is 2.49. The maximum Gasteiger partial charge on any atom is 0.407 e. The van der Waals surface area contributed by atoms with Crippen LogP contribution < -0.4 is 5.32 Å². The second-order valence-electron chi connectivity index (χ2n) is 7.28. The summed E-state index contributed by atoms with van der Waals surface area (Å²) >= 11 is 0. The number of hydroxylamine groups is 2. The maximum absolute atomic E-state index is 12.4. The molecule has 1 N–H and O–H groups in total. The van der Waals surface area contributed by atoms with Crippen LogP contribution in [0.3, 0.4) is 0 Å². The first-order valence-corrected chi connectivity index (χ1v) is 11.3. The molecule has 0 fully saturated rings. The summed E-state index contributed by atoms with van der Waals surface area (Å²) in [7, 11) is 0.840. The van der Waals surface area contributed by atoms with Crippen LogP contribution in [0.25, 0.3) is 0 Å². The molecule has 0 aliphatic heterocycles. The van der Waals surface area contributed by atoms with Crippen LogP contribution in [0.15, 0.2) is 0 Å². The Kier molecular flexibility index (Phi) is 9.53. The van der Waals surface area contributed by atoms with Gasteiger partial charge in [-0.2, -0.15) is 0 Å². The number of likely N-dealkylation sites (N-methyl/N-ethyl adjacent to an activating group) is 1. The molecule has 0 aromatic heterocycles. The highest BCUT2D eigenvalue weighted by Gasteiger charge is 2.38. The van der Waals surface area contributed by atoms with E-state index in [9.17, 15) is 9.59 Å². The lowest BCUT2D eigenvalue weighted by atomic mass is 10.2. The third-order valence-corrected chi connectivity index (χ3v) is 8.82. The van der Waals surface area contributed by atoms with E-state index < -0.39 is 20.5 Å². The molecular formula is C16H34N2O5Si. The average molecular weight is 363 g/mol. The van der Waals surface area contributed by atoms with E-state index in [1.165, 1.54) is 14.2 Å². The number of amides is 2. The third-order valence-electron chi connectivity index (χ3n) is 4.32. The van der Waals surface area contributed by atoms with Crippen molar-refractivity contribution in [1.82, 2.24) is 10.4 Å². The molecule has 0 rings (SSSR count). The first-order valence-electron chi connectivity index (χ1n) is 8.35. The number of hydrogen-bond acceptors (Lipinski definition) is 5. The lowest BCUT2D eigenvalue weighted by molar-refractivity contribution is -0.171. The van der Waals surface area contributed by atoms with Crippen LogP contribution in [-0.2, 0) is 18.8 Å². The maximum atomic E-state index is 12.4. The zero-order valence-electron chi connectivity index (χ0n) is 16.4. The Hall–Kier alpha value is -1.12. The summed E-state index contributed by atoms with van der Waals surface area (Å²) in [5.41, 5.74) is 0. The Balaban J connectivity index is 4.89. The summed E-state index contributed by atoms with van der Waals surface area (Å²) in [6.07, 6.45) is 1.09. The fourth-order valence-electron chi connectivity index (χ4n) is 1.49. The van der Waals surface area contributed by atoms with Gasteiger partial charge >= 0.3 is 6.09 Å². The summed E-state index contributed by atoms with van der Waals surface area (Å²) in [5.74, 6) is -0.386. The Morgan fingerprint density at radius 1 is 1.25 bits per heavy atom. The summed E-state index contributed by atoms with van der Waals surface area (Å²) in [5, 5.41) is 3.66. The number of rotatable bonds is 9. The highest BCUT2D eigenvalue weighted by molar-refractivity contribution is 6.74. The largest absolute Gasteiger partial charge is 0.450 e. The normalized spacial score (nSPS) is 13.3. The summed E-state index contributed by atoms with van der Waals surface area (Å²) in [6, 6.07) is -0.849. The number of hydrogen-bond donors (Lipinski definition) is 1. The predicted molar refractivity (Wildman–Crippen MR) is 96.1 cm³/mol. The van der Waals surface area contributed by atoms with Crippen LogP contribution in [0.1, 0.15) is 40.5 Å². The number of carbonyl (C=O) groups is 2. The molecule has 0 saturated carbocycles. The first kappa shape index (κ1) is 22.9. The highest BCUT2D eigenvalue weighted by atomic mass is 28.4. The molecule has 0 aliphatic carbocycles. The zero-order chi connectivity index (χ0) is 19.0. The minimum Gasteiger partial charge on any atom is -0.450 e. The van der Waals surface area contributed by atoms with E-state index in [-0.39, 0.29) is 17.6 Å². The smallest absolute Gasteiger partial charge is 0.407 e. The van der Waals surface area contributed by atoms with Crippen LogP contribution >= 0.6 is 0 Å². The standard InChI is InChI=1S/C16H34N2O5Si/c1-9-10-11-22-15(20)17-13(14(19)18(5)21-6)12-23-24(7,8)16(2,3)4/h13H,9-12H2,1-8H3,(H,17,20)/t13-/m1/s1. The number of carbonyl (C=O) groups excluding carboxylic acids is 2. The van der Waals surface area contributed by atoms with E-state index in [2.05, 4.69) is 39.2 Å². The van der Waals surface area contributed by atoms with E-state index in [4.69, 9.17) is 14.0 Å². The third kappa shape index (κ3) is 7.63. The van der Waals surface area contributed by atoms with Gasteiger partial charge in [0.25, 0.3) is 5.91 Å². The van der Waals surface area contributed by atoms with Crippen molar-refractivity contribution in [3.63, 3.8) is 0 Å². The lowest BCUT2D eigenvalue weighted by Gasteiger charge is -2.37. The van der Waals surface area contributed by atoms with Crippen molar-refractivity contribution in [3.8, 4) is 0 Å². The van der Waals surface area contributed by atoms with Gasteiger partial charge in [-0.15, -0.1) is 0 Å². The van der Waals surface area contributed by atoms with Gasteiger partial charge in [0.2, 0.25) is 0 Å². The van der Waals surface area contributed by atoms with Crippen LogP contribution in [0.5, 0.6) is 0 Å². The van der Waals surface area contributed by atoms with Crippen LogP contribution in [-0.4, -0.2) is 58.8 Å². The van der Waals surface area contributed by atoms with Crippen molar-refractivity contribution in [2.45, 2.75) is 64.7 Å². The Morgan fingerprint density at radius 2 is 1.83 bits per heavy atom. The Morgan fingerprint density at radius 3 is 2.29 bits per heavy atom. The topological polar surface area (TPSA) is 77.1 Å². The number of ether oxygens (including phenoxy) is 1. The Labute approximate surface area is 147 Å². The number of unbranched alkanes of at least 4 members (excludes halogenated alkanes) is 1. The molecule has 0 aromatic rings. The molecule has 0 heterocycles. The van der Waals surface area contributed by atoms with E-state index in [0.29, 0.717) is 6.61 Å². The lowest BCUT2D eigenvalue weighted by Crippen LogP contribution is -2.52. The molecule has 0 aliphatic rings. The second-order valence-corrected chi connectivity index (χ2v) is 12.1. The highest BCUT2D eigenvalue weighted by Crippen LogP contribution is 2.36. The van der Waals surface area contributed by atoms with E-state index >= 15 is 0 Å². The fourth-order valence-corrected chi connectivity index (χ4v) is 2.50. The molecule has 0 radical (unpaired) electrons. The van der Waals surface area contributed by atoms with Crippen LogP contribution in [0, 0.1) is 0 Å². The predicted octanol–water partition coefficient (Wildman–Crippen LogP) is 2.92. The van der Waals surface area contributed by atoms with E-state index in [1.807, 2.05) is 6.92 Å². The molecule has 8 heteroatoms. The van der Waals surface area contributed by atoms with Crippen LogP contribution in [0.4, 0.5) is 4.79 Å². The van der Waals surface area contributed by atoms with Crippen molar-refractivity contribution < 1.29 is 23.6 Å². The molecule has 2 amide bonds. The van der Waals surface area contributed by atoms with Crippen LogP contribution in [0.2, 0.25) is 18.1 Å². The van der Waals surface area contributed by atoms with Gasteiger partial charge < -0.3 is 14.5 Å². The van der Waals surface area contributed by atoms with E-state index in [1.54, 1.807) is 0 Å². The quantitative estimate of drug-likeness (QED) is 0.388. The Bertz CT molecular complexity index is 410. The van der Waals surface area contributed by atoms with Crippen molar-refractivity contribution in [2.75, 3.05) is 27.4 Å². The van der Waals surface area contributed by atoms with Gasteiger partial charge in [-0.3, -0.25) is 9.63 Å². The van der Waals surface area contributed by atoms with Gasteiger partial charge in [0, 0.05) is 7.05 Å². The molecule has 7 nitrogen and oxygen atoms in total. The SMILES string of the molecule is CCCCOC(=O)N[C@H](CO[Si](C)(C)C(C)(C)C)C(=O)N(C)OC. The second kappa shape index (κ2) is 10.0. The summed E-state index contributed by atoms with van der Waals surface area (Å²) in [6.45, 7) is 13.0. The minimum atomic E-state index is -2.04. The van der Waals surface area contributed by atoms with Gasteiger partial charge in [-0.1, -0.05) is 34.1 Å². The van der Waals surface area contributed by atoms with Crippen molar-refractivity contribution >= 4 is 20.3 Å². The molecule has 1 atom stereocenters.